The summed E-state index contributed by atoms with van der Waals surface area (Å²) in [7, 11) is -17.8. The van der Waals surface area contributed by atoms with Crippen LogP contribution in [0.4, 0.5) is 0 Å². The number of hydrogen-bond acceptors (Lipinski definition) is 7. The van der Waals surface area contributed by atoms with Crippen LogP contribution in [-0.4, -0.2) is 90.6 Å². The van der Waals surface area contributed by atoms with Crippen molar-refractivity contribution < 1.29 is 133 Å². The molecule has 0 spiro atoms. The van der Waals surface area contributed by atoms with Crippen molar-refractivity contribution in [3.63, 3.8) is 0 Å². The maximum Gasteiger partial charge on any atom is 1.00 e. The van der Waals surface area contributed by atoms with Crippen molar-refractivity contribution in [1.82, 2.24) is 4.90 Å². The summed E-state index contributed by atoms with van der Waals surface area (Å²) >= 11 is 0. The Balaban J connectivity index is -0.0000000345. The van der Waals surface area contributed by atoms with Gasteiger partial charge in [0.15, 0.2) is 0 Å². The first-order valence-corrected chi connectivity index (χ1v) is 12.9. The average Bonchev–Trinajstić information content (AvgIpc) is 2.35. The molecular formula is C7H33KNO17P5. The molecule has 12 N–H and O–H groups in total. The molecule has 0 aromatic heterocycles. The Morgan fingerprint density at radius 2 is 0.645 bits per heavy atom. The third-order valence-corrected chi connectivity index (χ3v) is 1.34. The van der Waals surface area contributed by atoms with Crippen LogP contribution in [0.3, 0.4) is 0 Å². The van der Waals surface area contributed by atoms with Gasteiger partial charge in [-0.2, -0.15) is 9.90 Å². The van der Waals surface area contributed by atoms with Gasteiger partial charge in [0.05, 0.1) is 0 Å². The van der Waals surface area contributed by atoms with Gasteiger partial charge in [-0.1, -0.05) is 20.8 Å². The van der Waals surface area contributed by atoms with Crippen molar-refractivity contribution in [3.8, 4) is 0 Å². The van der Waals surface area contributed by atoms with Gasteiger partial charge >= 0.3 is 74.9 Å². The van der Waals surface area contributed by atoms with Crippen LogP contribution >= 0.6 is 41.2 Å². The molecule has 0 amide bonds. The van der Waals surface area contributed by atoms with Crippen molar-refractivity contribution >= 4 is 41.2 Å². The predicted molar refractivity (Wildman–Crippen MR) is 108 cm³/mol. The zero-order valence-corrected chi connectivity index (χ0v) is 25.6. The molecule has 0 bridgehead atoms. The van der Waals surface area contributed by atoms with Crippen molar-refractivity contribution in [1.29, 1.82) is 0 Å². The van der Waals surface area contributed by atoms with E-state index in [4.69, 9.17) is 82.1 Å². The van der Waals surface area contributed by atoms with Gasteiger partial charge in [0.25, 0.3) is 7.82 Å². The predicted octanol–water partition coefficient (Wildman–Crippen LogP) is -6.33. The van der Waals surface area contributed by atoms with Crippen molar-refractivity contribution in [2.75, 3.05) is 26.7 Å². The van der Waals surface area contributed by atoms with E-state index in [1.807, 2.05) is 0 Å². The van der Waals surface area contributed by atoms with Gasteiger partial charge in [0.2, 0.25) is 0 Å². The van der Waals surface area contributed by atoms with Gasteiger partial charge in [-0.3, -0.25) is 4.57 Å². The minimum atomic E-state index is -4.89. The molecule has 1 unspecified atom stereocenters. The topological polar surface area (TPSA) is 337 Å². The van der Waals surface area contributed by atoms with Gasteiger partial charge in [0.1, 0.15) is 0 Å². The van der Waals surface area contributed by atoms with Gasteiger partial charge in [-0.05, 0) is 19.6 Å². The molecule has 18 nitrogen and oxygen atoms in total. The van der Waals surface area contributed by atoms with Gasteiger partial charge in [0, 0.05) is 7.11 Å². The Kier molecular flexibility index (Phi) is 53.4. The molecule has 0 aliphatic heterocycles. The third-order valence-electron chi connectivity index (χ3n) is 1.34. The zero-order valence-electron chi connectivity index (χ0n) is 17.5. The van der Waals surface area contributed by atoms with E-state index in [9.17, 15) is 0 Å². The molecular weight excluding hydrogens is 564 g/mol. The van der Waals surface area contributed by atoms with E-state index < -0.39 is 31.3 Å². The standard InChI is InChI=1S/C6H15N.CH4O.K.4H3O4P.H3P/c1-4-7(5-2)6-3;1-2;;4*1-5(2,3)4;/h4-6H2,1-3H3;2H,1H3;;4*(H3,1,2,3,4);1H3/q;;+1;;;;;/p-1. The molecule has 0 radical (unpaired) electrons. The van der Waals surface area contributed by atoms with Crippen LogP contribution in [0, 0.1) is 0 Å². The van der Waals surface area contributed by atoms with Gasteiger partial charge in [-0.15, -0.1) is 0 Å². The molecule has 0 saturated carbocycles. The van der Waals surface area contributed by atoms with Crippen molar-refractivity contribution in [2.45, 2.75) is 20.8 Å². The summed E-state index contributed by atoms with van der Waals surface area (Å²) in [6.45, 7) is 10.1. The second-order valence-electron chi connectivity index (χ2n) is 3.65. The Morgan fingerprint density at radius 3 is 0.645 bits per heavy atom. The number of nitrogens with zero attached hydrogens (tertiary/aromatic N) is 1. The first-order chi connectivity index (χ1) is 12.3. The molecule has 194 valence electrons. The molecule has 24 heteroatoms. The smallest absolute Gasteiger partial charge is 0.756 e. The van der Waals surface area contributed by atoms with Gasteiger partial charge < -0.3 is 68.7 Å². The first-order valence-electron chi connectivity index (χ1n) is 6.63. The molecule has 0 rings (SSSR count). The molecule has 0 aromatic rings. The number of hydrogen-bond donors (Lipinski definition) is 12. The van der Waals surface area contributed by atoms with Crippen LogP contribution < -0.4 is 56.3 Å². The van der Waals surface area contributed by atoms with Crippen LogP contribution in [-0.2, 0) is 18.3 Å². The van der Waals surface area contributed by atoms with Crippen molar-refractivity contribution in [2.24, 2.45) is 0 Å². The monoisotopic (exact) mass is 597 g/mol. The fourth-order valence-electron chi connectivity index (χ4n) is 0.671. The minimum Gasteiger partial charge on any atom is -0.756 e. The minimum absolute atomic E-state index is 0. The Labute approximate surface area is 225 Å². The average molecular weight is 597 g/mol. The Hall–Kier alpha value is 2.43. The maximum atomic E-state index is 8.88. The van der Waals surface area contributed by atoms with E-state index in [0.717, 1.165) is 7.11 Å². The SMILES string of the molecule is CCN(CC)CC.CO.O=P(O)(O)O.O=P(O)(O)O.O=P(O)(O)O.O=P([O-])(O)O.P.[K+]. The Bertz CT molecular complexity index is 390. The van der Waals surface area contributed by atoms with Crippen LogP contribution in [0.2, 0.25) is 0 Å². The fraction of sp³-hybridized carbons (Fsp3) is 1.00. The van der Waals surface area contributed by atoms with E-state index >= 15 is 0 Å². The molecule has 0 fully saturated rings. The summed E-state index contributed by atoms with van der Waals surface area (Å²) in [4.78, 5) is 90.0. The molecule has 0 aliphatic rings. The molecule has 0 aliphatic carbocycles. The zero-order chi connectivity index (χ0) is 25.7. The van der Waals surface area contributed by atoms with E-state index in [-0.39, 0.29) is 61.3 Å². The molecule has 1 atom stereocenters. The first kappa shape index (κ1) is 54.4. The van der Waals surface area contributed by atoms with Crippen LogP contribution in [0.5, 0.6) is 0 Å². The quantitative estimate of drug-likeness (QED) is 0.106. The molecule has 0 aromatic carbocycles. The maximum absolute atomic E-state index is 8.88. The van der Waals surface area contributed by atoms with Gasteiger partial charge in [-0.25, -0.2) is 13.7 Å². The molecule has 31 heavy (non-hydrogen) atoms. The summed E-state index contributed by atoms with van der Waals surface area (Å²) in [6, 6.07) is 0. The summed E-state index contributed by atoms with van der Waals surface area (Å²) in [5.74, 6) is 0. The summed E-state index contributed by atoms with van der Waals surface area (Å²) < 4.78 is 35.4. The second-order valence-corrected chi connectivity index (χ2v) is 7.71. The Morgan fingerprint density at radius 1 is 0.581 bits per heavy atom. The van der Waals surface area contributed by atoms with E-state index in [2.05, 4.69) is 25.7 Å². The van der Waals surface area contributed by atoms with Crippen LogP contribution in [0.1, 0.15) is 20.8 Å². The second kappa shape index (κ2) is 30.5. The summed E-state index contributed by atoms with van der Waals surface area (Å²) in [5, 5.41) is 7.00. The van der Waals surface area contributed by atoms with E-state index in [0.29, 0.717) is 0 Å². The number of aliphatic hydroxyl groups is 1. The summed E-state index contributed by atoms with van der Waals surface area (Å²) in [6.07, 6.45) is 0. The van der Waals surface area contributed by atoms with Crippen molar-refractivity contribution in [3.05, 3.63) is 0 Å². The van der Waals surface area contributed by atoms with E-state index in [1.165, 1.54) is 19.6 Å². The fourth-order valence-corrected chi connectivity index (χ4v) is 0.671. The third kappa shape index (κ3) is 423. The largest absolute Gasteiger partial charge is 1.00 e. The molecule has 0 saturated heterocycles. The van der Waals surface area contributed by atoms with E-state index in [1.54, 1.807) is 0 Å². The number of phosphoric acid groups is 4. The van der Waals surface area contributed by atoms with Crippen LogP contribution in [0.25, 0.3) is 0 Å². The number of aliphatic hydroxyl groups excluding tert-OH is 1. The normalized spacial score (nSPS) is 10.1. The van der Waals surface area contributed by atoms with Crippen LogP contribution in [0.15, 0.2) is 0 Å². The number of rotatable bonds is 3. The summed E-state index contributed by atoms with van der Waals surface area (Å²) in [5.41, 5.74) is 0. The molecule has 0 heterocycles.